The Kier molecular flexibility index (Phi) is 3.60. The summed E-state index contributed by atoms with van der Waals surface area (Å²) in [5.74, 6) is -1.22. The number of halogens is 1. The molecule has 0 aliphatic heterocycles. The molecule has 0 bridgehead atoms. The van der Waals surface area contributed by atoms with E-state index in [4.69, 9.17) is 11.5 Å². The molecule has 6 nitrogen and oxygen atoms in total. The number of nitrogens with two attached hydrogens (primary N) is 2. The molecule has 1 amide bonds. The zero-order valence-electron chi connectivity index (χ0n) is 11.3. The normalized spacial score (nSPS) is 10.6. The van der Waals surface area contributed by atoms with Crippen LogP contribution in [-0.2, 0) is 13.6 Å². The van der Waals surface area contributed by atoms with E-state index in [1.54, 1.807) is 4.68 Å². The maximum Gasteiger partial charge on any atom is 0.250 e. The molecule has 0 radical (unpaired) electrons. The van der Waals surface area contributed by atoms with Gasteiger partial charge in [0.25, 0.3) is 5.91 Å². The summed E-state index contributed by atoms with van der Waals surface area (Å²) in [6, 6.07) is 2.40. The highest BCUT2D eigenvalue weighted by molar-refractivity contribution is 5.99. The van der Waals surface area contributed by atoms with Gasteiger partial charge in [-0.1, -0.05) is 0 Å². The quantitative estimate of drug-likeness (QED) is 0.730. The van der Waals surface area contributed by atoms with E-state index in [1.807, 2.05) is 20.2 Å². The summed E-state index contributed by atoms with van der Waals surface area (Å²) in [6.07, 6.45) is 1.84. The lowest BCUT2D eigenvalue weighted by Crippen LogP contribution is -2.15. The van der Waals surface area contributed by atoms with E-state index in [0.717, 1.165) is 17.3 Å². The van der Waals surface area contributed by atoms with Crippen molar-refractivity contribution in [2.75, 3.05) is 11.1 Å². The predicted octanol–water partition coefficient (Wildman–Crippen LogP) is 1.16. The largest absolute Gasteiger partial charge is 0.398 e. The van der Waals surface area contributed by atoms with Crippen LogP contribution in [0.2, 0.25) is 0 Å². The molecule has 5 N–H and O–H groups in total. The smallest absolute Gasteiger partial charge is 0.250 e. The summed E-state index contributed by atoms with van der Waals surface area (Å²) in [6.45, 7) is 2.25. The molecule has 0 aliphatic rings. The molecule has 1 heterocycles. The van der Waals surface area contributed by atoms with E-state index in [2.05, 4.69) is 10.4 Å². The number of hydrogen-bond acceptors (Lipinski definition) is 4. The van der Waals surface area contributed by atoms with Crippen molar-refractivity contribution < 1.29 is 9.18 Å². The molecule has 0 aliphatic carbocycles. The zero-order chi connectivity index (χ0) is 14.9. The number of nitrogens with one attached hydrogen (secondary N) is 1. The molecule has 7 heteroatoms. The second kappa shape index (κ2) is 5.20. The number of rotatable bonds is 4. The van der Waals surface area contributed by atoms with Gasteiger partial charge in [0, 0.05) is 31.0 Å². The maximum absolute atomic E-state index is 13.8. The Labute approximate surface area is 115 Å². The Bertz CT molecular complexity index is 665. The van der Waals surface area contributed by atoms with Gasteiger partial charge in [-0.25, -0.2) is 4.39 Å². The highest BCUT2D eigenvalue weighted by Gasteiger charge is 2.12. The third-order valence-corrected chi connectivity index (χ3v) is 2.99. The standard InChI is InChI=1S/C13H16FN5O/c1-7-8(6-19(2)18-7)5-17-12-3-9(13(16)20)11(15)4-10(12)14/h3-4,6,17H,5,15H2,1-2H3,(H2,16,20). The van der Waals surface area contributed by atoms with Crippen molar-refractivity contribution in [1.29, 1.82) is 0 Å². The number of nitrogen functional groups attached to an aromatic ring is 1. The topological polar surface area (TPSA) is 99.0 Å². The van der Waals surface area contributed by atoms with E-state index >= 15 is 0 Å². The second-order valence-corrected chi connectivity index (χ2v) is 4.55. The van der Waals surface area contributed by atoms with Crippen LogP contribution in [0, 0.1) is 12.7 Å². The average molecular weight is 277 g/mol. The van der Waals surface area contributed by atoms with Crippen molar-refractivity contribution >= 4 is 17.3 Å². The zero-order valence-corrected chi connectivity index (χ0v) is 11.3. The summed E-state index contributed by atoms with van der Waals surface area (Å²) < 4.78 is 15.5. The molecule has 0 atom stereocenters. The van der Waals surface area contributed by atoms with Crippen LogP contribution >= 0.6 is 0 Å². The van der Waals surface area contributed by atoms with E-state index in [9.17, 15) is 9.18 Å². The summed E-state index contributed by atoms with van der Waals surface area (Å²) in [7, 11) is 1.81. The number of carbonyl (C=O) groups is 1. The van der Waals surface area contributed by atoms with Gasteiger partial charge in [-0.15, -0.1) is 0 Å². The highest BCUT2D eigenvalue weighted by Crippen LogP contribution is 2.22. The molecule has 0 saturated heterocycles. The van der Waals surface area contributed by atoms with Crippen LogP contribution in [0.25, 0.3) is 0 Å². The summed E-state index contributed by atoms with van der Waals surface area (Å²) in [4.78, 5) is 11.2. The molecule has 2 aromatic rings. The Hall–Kier alpha value is -2.57. The average Bonchev–Trinajstić information content (AvgIpc) is 2.66. The van der Waals surface area contributed by atoms with Gasteiger partial charge in [-0.2, -0.15) is 5.10 Å². The number of aromatic nitrogens is 2. The van der Waals surface area contributed by atoms with Gasteiger partial charge in [-0.3, -0.25) is 9.48 Å². The fourth-order valence-electron chi connectivity index (χ4n) is 1.95. The first-order valence-electron chi connectivity index (χ1n) is 6.00. The number of amides is 1. The van der Waals surface area contributed by atoms with Crippen LogP contribution in [-0.4, -0.2) is 15.7 Å². The van der Waals surface area contributed by atoms with Gasteiger partial charge in [0.15, 0.2) is 0 Å². The number of nitrogens with zero attached hydrogens (tertiary/aromatic N) is 2. The van der Waals surface area contributed by atoms with Crippen LogP contribution < -0.4 is 16.8 Å². The van der Waals surface area contributed by atoms with E-state index < -0.39 is 11.7 Å². The number of hydrogen-bond donors (Lipinski definition) is 3. The Morgan fingerprint density at radius 3 is 2.75 bits per heavy atom. The van der Waals surface area contributed by atoms with Crippen LogP contribution in [0.5, 0.6) is 0 Å². The molecule has 0 fully saturated rings. The summed E-state index contributed by atoms with van der Waals surface area (Å²) in [5.41, 5.74) is 12.8. The monoisotopic (exact) mass is 277 g/mol. The van der Waals surface area contributed by atoms with Crippen molar-refractivity contribution in [3.05, 3.63) is 41.0 Å². The van der Waals surface area contributed by atoms with Gasteiger partial charge in [-0.05, 0) is 19.1 Å². The number of primary amides is 1. The summed E-state index contributed by atoms with van der Waals surface area (Å²) >= 11 is 0. The highest BCUT2D eigenvalue weighted by atomic mass is 19.1. The van der Waals surface area contributed by atoms with Crippen molar-refractivity contribution in [1.82, 2.24) is 9.78 Å². The molecule has 2 rings (SSSR count). The van der Waals surface area contributed by atoms with Crippen LogP contribution in [0.15, 0.2) is 18.3 Å². The summed E-state index contributed by atoms with van der Waals surface area (Å²) in [5, 5.41) is 7.11. The van der Waals surface area contributed by atoms with Crippen molar-refractivity contribution in [2.24, 2.45) is 12.8 Å². The van der Waals surface area contributed by atoms with Crippen molar-refractivity contribution in [3.8, 4) is 0 Å². The third kappa shape index (κ3) is 2.71. The first kappa shape index (κ1) is 13.9. The van der Waals surface area contributed by atoms with Gasteiger partial charge in [0.2, 0.25) is 0 Å². The second-order valence-electron chi connectivity index (χ2n) is 4.55. The minimum atomic E-state index is -0.692. The fraction of sp³-hybridized carbons (Fsp3) is 0.231. The lowest BCUT2D eigenvalue weighted by atomic mass is 10.1. The van der Waals surface area contributed by atoms with Gasteiger partial charge in [0.1, 0.15) is 5.82 Å². The molecular weight excluding hydrogens is 261 g/mol. The number of benzene rings is 1. The molecule has 1 aromatic heterocycles. The van der Waals surface area contributed by atoms with Crippen molar-refractivity contribution in [3.63, 3.8) is 0 Å². The fourth-order valence-corrected chi connectivity index (χ4v) is 1.95. The molecule has 0 spiro atoms. The Balaban J connectivity index is 2.23. The van der Waals surface area contributed by atoms with E-state index in [0.29, 0.717) is 6.54 Å². The van der Waals surface area contributed by atoms with Crippen molar-refractivity contribution in [2.45, 2.75) is 13.5 Å². The number of anilines is 2. The molecule has 1 aromatic carbocycles. The first-order valence-corrected chi connectivity index (χ1v) is 6.00. The van der Waals surface area contributed by atoms with E-state index in [-0.39, 0.29) is 16.9 Å². The maximum atomic E-state index is 13.8. The Morgan fingerprint density at radius 2 is 2.20 bits per heavy atom. The Morgan fingerprint density at radius 1 is 1.50 bits per heavy atom. The molecule has 20 heavy (non-hydrogen) atoms. The van der Waals surface area contributed by atoms with Gasteiger partial charge >= 0.3 is 0 Å². The van der Waals surface area contributed by atoms with Crippen LogP contribution in [0.1, 0.15) is 21.6 Å². The lowest BCUT2D eigenvalue weighted by Gasteiger charge is -2.10. The van der Waals surface area contributed by atoms with Gasteiger partial charge in [0.05, 0.1) is 16.9 Å². The lowest BCUT2D eigenvalue weighted by molar-refractivity contribution is 0.100. The predicted molar refractivity (Wildman–Crippen MR) is 74.6 cm³/mol. The minimum Gasteiger partial charge on any atom is -0.398 e. The van der Waals surface area contributed by atoms with Gasteiger partial charge < -0.3 is 16.8 Å². The number of aryl methyl sites for hydroxylation is 2. The molecule has 0 unspecified atom stereocenters. The SMILES string of the molecule is Cc1nn(C)cc1CNc1cc(C(N)=O)c(N)cc1F. The first-order chi connectivity index (χ1) is 9.38. The molecule has 106 valence electrons. The van der Waals surface area contributed by atoms with E-state index in [1.165, 1.54) is 6.07 Å². The molecular formula is C13H16FN5O. The third-order valence-electron chi connectivity index (χ3n) is 2.99. The molecule has 0 saturated carbocycles. The minimum absolute atomic E-state index is 0.0260. The number of carbonyl (C=O) groups excluding carboxylic acids is 1. The van der Waals surface area contributed by atoms with Crippen LogP contribution in [0.4, 0.5) is 15.8 Å². The van der Waals surface area contributed by atoms with Crippen LogP contribution in [0.3, 0.4) is 0 Å².